The second-order valence-corrected chi connectivity index (χ2v) is 4.96. The van der Waals surface area contributed by atoms with Gasteiger partial charge in [0.15, 0.2) is 0 Å². The minimum Gasteiger partial charge on any atom is -0.380 e. The van der Waals surface area contributed by atoms with E-state index in [-0.39, 0.29) is 6.04 Å². The number of hydrogen-bond acceptors (Lipinski definition) is 3. The molecule has 1 atom stereocenters. The molecule has 0 radical (unpaired) electrons. The maximum atomic E-state index is 5.64. The number of likely N-dealkylation sites (N-methyl/N-ethyl adjacent to an activating group) is 1. The van der Waals surface area contributed by atoms with Crippen LogP contribution < -0.4 is 0 Å². The maximum Gasteiger partial charge on any atom is 0.0728 e. The quantitative estimate of drug-likeness (QED) is 0.722. The standard InChI is InChI=1S/C15H26N2O/c1-7-18-11-15(17(6)16(4)5)14-9-8-12(2)10-13(14)3/h8-10,15H,7,11H2,1-6H3. The number of aryl methyl sites for hydroxylation is 2. The molecule has 0 aliphatic rings. The predicted octanol–water partition coefficient (Wildman–Crippen LogP) is 2.79. The van der Waals surface area contributed by atoms with Crippen molar-refractivity contribution in [3.8, 4) is 0 Å². The van der Waals surface area contributed by atoms with Crippen molar-refractivity contribution in [1.29, 1.82) is 0 Å². The summed E-state index contributed by atoms with van der Waals surface area (Å²) < 4.78 is 5.64. The van der Waals surface area contributed by atoms with E-state index in [0.29, 0.717) is 0 Å². The maximum absolute atomic E-state index is 5.64. The van der Waals surface area contributed by atoms with Gasteiger partial charge in [0.25, 0.3) is 0 Å². The lowest BCUT2D eigenvalue weighted by Crippen LogP contribution is -2.39. The molecule has 3 nitrogen and oxygen atoms in total. The van der Waals surface area contributed by atoms with E-state index < -0.39 is 0 Å². The molecule has 0 aliphatic heterocycles. The highest BCUT2D eigenvalue weighted by Gasteiger charge is 2.20. The third-order valence-electron chi connectivity index (χ3n) is 3.35. The molecular weight excluding hydrogens is 224 g/mol. The van der Waals surface area contributed by atoms with E-state index in [4.69, 9.17) is 4.74 Å². The number of hydrazine groups is 1. The highest BCUT2D eigenvalue weighted by atomic mass is 16.5. The van der Waals surface area contributed by atoms with Gasteiger partial charge in [-0.2, -0.15) is 0 Å². The monoisotopic (exact) mass is 250 g/mol. The number of benzene rings is 1. The highest BCUT2D eigenvalue weighted by Crippen LogP contribution is 2.24. The number of ether oxygens (including phenoxy) is 1. The van der Waals surface area contributed by atoms with Crippen molar-refractivity contribution >= 4 is 0 Å². The SMILES string of the molecule is CCOCC(c1ccc(C)cc1C)N(C)N(C)C. The van der Waals surface area contributed by atoms with Crippen molar-refractivity contribution < 1.29 is 4.74 Å². The number of hydrogen-bond donors (Lipinski definition) is 0. The Morgan fingerprint density at radius 3 is 2.33 bits per heavy atom. The lowest BCUT2D eigenvalue weighted by molar-refractivity contribution is -0.0308. The minimum absolute atomic E-state index is 0.264. The fraction of sp³-hybridized carbons (Fsp3) is 0.600. The van der Waals surface area contributed by atoms with Gasteiger partial charge in [-0.1, -0.05) is 23.8 Å². The Morgan fingerprint density at radius 1 is 1.17 bits per heavy atom. The zero-order valence-electron chi connectivity index (χ0n) is 12.5. The van der Waals surface area contributed by atoms with Crippen molar-refractivity contribution in [2.75, 3.05) is 34.4 Å². The summed E-state index contributed by atoms with van der Waals surface area (Å²) in [5.74, 6) is 0. The van der Waals surface area contributed by atoms with Gasteiger partial charge in [-0.3, -0.25) is 0 Å². The Hall–Kier alpha value is -0.900. The summed E-state index contributed by atoms with van der Waals surface area (Å²) in [6.07, 6.45) is 0. The first-order chi connectivity index (χ1) is 8.47. The molecule has 18 heavy (non-hydrogen) atoms. The molecule has 1 aromatic carbocycles. The zero-order chi connectivity index (χ0) is 13.7. The molecule has 0 N–H and O–H groups in total. The van der Waals surface area contributed by atoms with Crippen LogP contribution in [0.15, 0.2) is 18.2 Å². The first kappa shape index (κ1) is 15.2. The Balaban J connectivity index is 3.00. The van der Waals surface area contributed by atoms with Crippen molar-refractivity contribution in [3.05, 3.63) is 34.9 Å². The van der Waals surface area contributed by atoms with E-state index in [9.17, 15) is 0 Å². The molecule has 1 aromatic rings. The average molecular weight is 250 g/mol. The second-order valence-electron chi connectivity index (χ2n) is 4.96. The smallest absolute Gasteiger partial charge is 0.0728 e. The van der Waals surface area contributed by atoms with Crippen LogP contribution in [0.1, 0.15) is 29.7 Å². The molecule has 0 heterocycles. The van der Waals surface area contributed by atoms with E-state index in [1.807, 2.05) is 6.92 Å². The van der Waals surface area contributed by atoms with Crippen molar-refractivity contribution in [1.82, 2.24) is 10.0 Å². The van der Waals surface area contributed by atoms with Crippen LogP contribution in [0.25, 0.3) is 0 Å². The first-order valence-corrected chi connectivity index (χ1v) is 6.52. The van der Waals surface area contributed by atoms with E-state index >= 15 is 0 Å². The van der Waals surface area contributed by atoms with Crippen LogP contribution in [0.3, 0.4) is 0 Å². The lowest BCUT2D eigenvalue weighted by Gasteiger charge is -2.34. The summed E-state index contributed by atoms with van der Waals surface area (Å²) in [6.45, 7) is 7.81. The third kappa shape index (κ3) is 3.80. The van der Waals surface area contributed by atoms with Gasteiger partial charge in [0.05, 0.1) is 12.6 Å². The Kier molecular flexibility index (Phi) is 5.79. The van der Waals surface area contributed by atoms with E-state index in [1.54, 1.807) is 0 Å². The summed E-state index contributed by atoms with van der Waals surface area (Å²) in [7, 11) is 6.22. The molecular formula is C15H26N2O. The summed E-state index contributed by atoms with van der Waals surface area (Å²) in [6, 6.07) is 6.89. The molecule has 3 heteroatoms. The minimum atomic E-state index is 0.264. The van der Waals surface area contributed by atoms with Gasteiger partial charge >= 0.3 is 0 Å². The number of nitrogens with zero attached hydrogens (tertiary/aromatic N) is 2. The van der Waals surface area contributed by atoms with Crippen LogP contribution >= 0.6 is 0 Å². The molecule has 0 spiro atoms. The molecule has 1 unspecified atom stereocenters. The average Bonchev–Trinajstić information content (AvgIpc) is 2.31. The Bertz CT molecular complexity index is 377. The van der Waals surface area contributed by atoms with Crippen molar-refractivity contribution in [2.24, 2.45) is 0 Å². The summed E-state index contributed by atoms with van der Waals surface area (Å²) >= 11 is 0. The summed E-state index contributed by atoms with van der Waals surface area (Å²) in [4.78, 5) is 0. The molecule has 0 fully saturated rings. The van der Waals surface area contributed by atoms with Crippen LogP contribution in [0, 0.1) is 13.8 Å². The van der Waals surface area contributed by atoms with E-state index in [0.717, 1.165) is 13.2 Å². The Morgan fingerprint density at radius 2 is 1.83 bits per heavy atom. The second kappa shape index (κ2) is 6.88. The van der Waals surface area contributed by atoms with Crippen LogP contribution in [0.5, 0.6) is 0 Å². The topological polar surface area (TPSA) is 15.7 Å². The molecule has 0 aliphatic carbocycles. The van der Waals surface area contributed by atoms with Gasteiger partial charge in [0.1, 0.15) is 0 Å². The van der Waals surface area contributed by atoms with Gasteiger partial charge in [0.2, 0.25) is 0 Å². The number of rotatable bonds is 6. The Labute approximate surface area is 111 Å². The summed E-state index contributed by atoms with van der Waals surface area (Å²) in [5, 5.41) is 4.32. The van der Waals surface area contributed by atoms with Gasteiger partial charge < -0.3 is 4.74 Å². The highest BCUT2D eigenvalue weighted by molar-refractivity contribution is 5.32. The van der Waals surface area contributed by atoms with Gasteiger partial charge in [0, 0.05) is 27.7 Å². The van der Waals surface area contributed by atoms with Gasteiger partial charge in [-0.25, -0.2) is 10.0 Å². The molecule has 1 rings (SSSR count). The lowest BCUT2D eigenvalue weighted by atomic mass is 9.99. The van der Waals surface area contributed by atoms with E-state index in [2.05, 4.69) is 63.2 Å². The van der Waals surface area contributed by atoms with Crippen LogP contribution in [-0.4, -0.2) is 44.4 Å². The van der Waals surface area contributed by atoms with Crippen LogP contribution in [0.4, 0.5) is 0 Å². The molecule has 0 bridgehead atoms. The van der Waals surface area contributed by atoms with Crippen LogP contribution in [0.2, 0.25) is 0 Å². The normalized spacial score (nSPS) is 13.3. The van der Waals surface area contributed by atoms with E-state index in [1.165, 1.54) is 16.7 Å². The van der Waals surface area contributed by atoms with Gasteiger partial charge in [-0.05, 0) is 31.9 Å². The van der Waals surface area contributed by atoms with Crippen molar-refractivity contribution in [2.45, 2.75) is 26.8 Å². The summed E-state index contributed by atoms with van der Waals surface area (Å²) in [5.41, 5.74) is 3.97. The third-order valence-corrected chi connectivity index (χ3v) is 3.35. The molecule has 0 aromatic heterocycles. The van der Waals surface area contributed by atoms with Crippen molar-refractivity contribution in [3.63, 3.8) is 0 Å². The molecule has 0 amide bonds. The largest absolute Gasteiger partial charge is 0.380 e. The van der Waals surface area contributed by atoms with Crippen LogP contribution in [-0.2, 0) is 4.74 Å². The molecule has 0 saturated heterocycles. The fourth-order valence-electron chi connectivity index (χ4n) is 2.11. The molecule has 102 valence electrons. The predicted molar refractivity (Wildman–Crippen MR) is 76.6 cm³/mol. The molecule has 0 saturated carbocycles. The zero-order valence-corrected chi connectivity index (χ0v) is 12.5. The first-order valence-electron chi connectivity index (χ1n) is 6.52. The fourth-order valence-corrected chi connectivity index (χ4v) is 2.11. The van der Waals surface area contributed by atoms with Gasteiger partial charge in [-0.15, -0.1) is 0 Å².